The van der Waals surface area contributed by atoms with E-state index in [9.17, 15) is 8.42 Å². The molecule has 1 aliphatic rings. The van der Waals surface area contributed by atoms with Crippen LogP contribution >= 0.6 is 0 Å². The zero-order valence-corrected chi connectivity index (χ0v) is 8.50. The molecule has 1 heterocycles. The summed E-state index contributed by atoms with van der Waals surface area (Å²) in [5.74, 6) is -0.0235. The van der Waals surface area contributed by atoms with Crippen LogP contribution in [0.1, 0.15) is 18.5 Å². The number of sulfonamides is 1. The molecule has 0 saturated heterocycles. The van der Waals surface area contributed by atoms with E-state index in [-0.39, 0.29) is 11.8 Å². The molecule has 76 valence electrons. The minimum absolute atomic E-state index is 0.0235. The first-order valence-electron chi connectivity index (χ1n) is 4.56. The standard InChI is InChI=1S/C9H12N2O2S/c12-14(13,11-8-4-5-8)7-9-3-1-2-6-10-9/h1-3,6,8,11H,4-5,7H2. The normalized spacial score (nSPS) is 16.9. The average Bonchev–Trinajstić information content (AvgIpc) is 2.88. The number of pyridine rings is 1. The molecule has 0 spiro atoms. The Bertz CT molecular complexity index is 398. The van der Waals surface area contributed by atoms with Crippen LogP contribution in [-0.4, -0.2) is 19.4 Å². The van der Waals surface area contributed by atoms with Crippen LogP contribution in [0.25, 0.3) is 0 Å². The number of hydrogen-bond acceptors (Lipinski definition) is 3. The van der Waals surface area contributed by atoms with E-state index in [0.717, 1.165) is 12.8 Å². The Hall–Kier alpha value is -0.940. The van der Waals surface area contributed by atoms with Crippen molar-refractivity contribution in [3.63, 3.8) is 0 Å². The van der Waals surface area contributed by atoms with Gasteiger partial charge in [0.25, 0.3) is 0 Å². The fourth-order valence-corrected chi connectivity index (χ4v) is 2.56. The Morgan fingerprint density at radius 3 is 2.79 bits per heavy atom. The van der Waals surface area contributed by atoms with E-state index < -0.39 is 10.0 Å². The molecule has 0 amide bonds. The molecule has 0 radical (unpaired) electrons. The van der Waals surface area contributed by atoms with Crippen LogP contribution in [0.3, 0.4) is 0 Å². The summed E-state index contributed by atoms with van der Waals surface area (Å²) in [7, 11) is -3.18. The van der Waals surface area contributed by atoms with Crippen LogP contribution in [-0.2, 0) is 15.8 Å². The SMILES string of the molecule is O=S(=O)(Cc1ccccn1)NC1CC1. The highest BCUT2D eigenvalue weighted by atomic mass is 32.2. The first-order chi connectivity index (χ1) is 6.66. The van der Waals surface area contributed by atoms with E-state index in [1.54, 1.807) is 24.4 Å². The van der Waals surface area contributed by atoms with Gasteiger partial charge in [0.2, 0.25) is 10.0 Å². The number of nitrogens with zero attached hydrogens (tertiary/aromatic N) is 1. The molecular formula is C9H12N2O2S. The lowest BCUT2D eigenvalue weighted by atomic mass is 10.4. The topological polar surface area (TPSA) is 59.1 Å². The van der Waals surface area contributed by atoms with Crippen LogP contribution in [0.4, 0.5) is 0 Å². The van der Waals surface area contributed by atoms with Gasteiger partial charge in [0.05, 0.1) is 5.69 Å². The Morgan fingerprint density at radius 1 is 1.43 bits per heavy atom. The molecule has 5 heteroatoms. The van der Waals surface area contributed by atoms with E-state index in [4.69, 9.17) is 0 Å². The first-order valence-corrected chi connectivity index (χ1v) is 6.21. The van der Waals surface area contributed by atoms with Crippen LogP contribution in [0.2, 0.25) is 0 Å². The lowest BCUT2D eigenvalue weighted by Gasteiger charge is -2.03. The van der Waals surface area contributed by atoms with E-state index in [2.05, 4.69) is 9.71 Å². The lowest BCUT2D eigenvalue weighted by Crippen LogP contribution is -2.27. The maximum Gasteiger partial charge on any atom is 0.217 e. The van der Waals surface area contributed by atoms with Gasteiger partial charge in [0, 0.05) is 12.2 Å². The van der Waals surface area contributed by atoms with Gasteiger partial charge >= 0.3 is 0 Å². The van der Waals surface area contributed by atoms with Crippen molar-refractivity contribution in [2.45, 2.75) is 24.6 Å². The molecule has 4 nitrogen and oxygen atoms in total. The second kappa shape index (κ2) is 3.67. The summed E-state index contributed by atoms with van der Waals surface area (Å²) in [6, 6.07) is 5.44. The third-order valence-corrected chi connectivity index (χ3v) is 3.36. The van der Waals surface area contributed by atoms with E-state index in [1.165, 1.54) is 0 Å². The van der Waals surface area contributed by atoms with Gasteiger partial charge in [-0.3, -0.25) is 4.98 Å². The van der Waals surface area contributed by atoms with Gasteiger partial charge in [0.1, 0.15) is 5.75 Å². The van der Waals surface area contributed by atoms with Crippen LogP contribution in [0.15, 0.2) is 24.4 Å². The smallest absolute Gasteiger partial charge is 0.217 e. The van der Waals surface area contributed by atoms with Crippen molar-refractivity contribution in [3.05, 3.63) is 30.1 Å². The predicted octanol–water partition coefficient (Wildman–Crippen LogP) is 0.663. The van der Waals surface area contributed by atoms with Gasteiger partial charge in [-0.2, -0.15) is 0 Å². The van der Waals surface area contributed by atoms with Crippen molar-refractivity contribution in [1.82, 2.24) is 9.71 Å². The second-order valence-electron chi connectivity index (χ2n) is 3.47. The first kappa shape index (κ1) is 9.61. The second-order valence-corrected chi connectivity index (χ2v) is 5.23. The molecule has 1 aliphatic carbocycles. The molecule has 0 aliphatic heterocycles. The van der Waals surface area contributed by atoms with Gasteiger partial charge in [-0.05, 0) is 25.0 Å². The molecule has 1 fully saturated rings. The van der Waals surface area contributed by atoms with E-state index in [0.29, 0.717) is 5.69 Å². The van der Waals surface area contributed by atoms with Gasteiger partial charge in [0.15, 0.2) is 0 Å². The Balaban J connectivity index is 2.02. The predicted molar refractivity (Wildman–Crippen MR) is 53.0 cm³/mol. The van der Waals surface area contributed by atoms with Gasteiger partial charge in [-0.1, -0.05) is 6.07 Å². The Labute approximate surface area is 83.4 Å². The third-order valence-electron chi connectivity index (χ3n) is 1.99. The summed E-state index contributed by atoms with van der Waals surface area (Å²) in [5.41, 5.74) is 0.584. The summed E-state index contributed by atoms with van der Waals surface area (Å²) in [6.07, 6.45) is 3.52. The summed E-state index contributed by atoms with van der Waals surface area (Å²) in [4.78, 5) is 3.97. The molecular weight excluding hydrogens is 200 g/mol. The van der Waals surface area contributed by atoms with Crippen molar-refractivity contribution in [3.8, 4) is 0 Å². The summed E-state index contributed by atoms with van der Waals surface area (Å²) < 4.78 is 25.6. The molecule has 14 heavy (non-hydrogen) atoms. The zero-order chi connectivity index (χ0) is 10.0. The number of rotatable bonds is 4. The molecule has 1 aromatic rings. The molecule has 0 atom stereocenters. The number of nitrogens with one attached hydrogen (secondary N) is 1. The molecule has 2 rings (SSSR count). The van der Waals surface area contributed by atoms with Gasteiger partial charge < -0.3 is 0 Å². The van der Waals surface area contributed by atoms with Crippen molar-refractivity contribution in [2.75, 3.05) is 0 Å². The third kappa shape index (κ3) is 2.78. The Morgan fingerprint density at radius 2 is 2.21 bits per heavy atom. The molecule has 1 aromatic heterocycles. The van der Waals surface area contributed by atoms with Crippen molar-refractivity contribution < 1.29 is 8.42 Å². The van der Waals surface area contributed by atoms with Gasteiger partial charge in [-0.25, -0.2) is 13.1 Å². The number of hydrogen-bond donors (Lipinski definition) is 1. The molecule has 0 unspecified atom stereocenters. The maximum atomic E-state index is 11.5. The average molecular weight is 212 g/mol. The number of aromatic nitrogens is 1. The lowest BCUT2D eigenvalue weighted by molar-refractivity contribution is 0.579. The monoisotopic (exact) mass is 212 g/mol. The summed E-state index contributed by atoms with van der Waals surface area (Å²) in [5, 5.41) is 0. The molecule has 0 aromatic carbocycles. The zero-order valence-electron chi connectivity index (χ0n) is 7.68. The van der Waals surface area contributed by atoms with E-state index in [1.807, 2.05) is 0 Å². The van der Waals surface area contributed by atoms with Crippen LogP contribution in [0, 0.1) is 0 Å². The quantitative estimate of drug-likeness (QED) is 0.797. The molecule has 0 bridgehead atoms. The fourth-order valence-electron chi connectivity index (χ4n) is 1.17. The van der Waals surface area contributed by atoms with Crippen LogP contribution in [0.5, 0.6) is 0 Å². The van der Waals surface area contributed by atoms with Gasteiger partial charge in [-0.15, -0.1) is 0 Å². The largest absolute Gasteiger partial charge is 0.260 e. The highest BCUT2D eigenvalue weighted by Gasteiger charge is 2.26. The fraction of sp³-hybridized carbons (Fsp3) is 0.444. The molecule has 1 N–H and O–H groups in total. The van der Waals surface area contributed by atoms with Crippen LogP contribution < -0.4 is 4.72 Å². The van der Waals surface area contributed by atoms with Crippen molar-refractivity contribution >= 4 is 10.0 Å². The minimum Gasteiger partial charge on any atom is -0.260 e. The molecule has 1 saturated carbocycles. The Kier molecular flexibility index (Phi) is 2.52. The van der Waals surface area contributed by atoms with Crippen molar-refractivity contribution in [1.29, 1.82) is 0 Å². The van der Waals surface area contributed by atoms with Crippen molar-refractivity contribution in [2.24, 2.45) is 0 Å². The summed E-state index contributed by atoms with van der Waals surface area (Å²) in [6.45, 7) is 0. The summed E-state index contributed by atoms with van der Waals surface area (Å²) >= 11 is 0. The minimum atomic E-state index is -3.18. The highest BCUT2D eigenvalue weighted by molar-refractivity contribution is 7.88. The maximum absolute atomic E-state index is 11.5. The highest BCUT2D eigenvalue weighted by Crippen LogP contribution is 2.20. The van der Waals surface area contributed by atoms with E-state index >= 15 is 0 Å².